The van der Waals surface area contributed by atoms with Crippen molar-refractivity contribution in [3.05, 3.63) is 0 Å². The molecule has 0 aliphatic heterocycles. The van der Waals surface area contributed by atoms with Crippen molar-refractivity contribution in [2.24, 2.45) is 11.1 Å². The Morgan fingerprint density at radius 2 is 1.93 bits per heavy atom. The van der Waals surface area contributed by atoms with E-state index in [2.05, 4.69) is 32.7 Å². The van der Waals surface area contributed by atoms with E-state index in [9.17, 15) is 0 Å². The van der Waals surface area contributed by atoms with Gasteiger partial charge in [-0.1, -0.05) is 20.8 Å². The molecule has 0 amide bonds. The average Bonchev–Trinajstić information content (AvgIpc) is 2.03. The molecule has 3 nitrogen and oxygen atoms in total. The second-order valence-corrected chi connectivity index (χ2v) is 4.93. The van der Waals surface area contributed by atoms with Gasteiger partial charge in [-0.2, -0.15) is 0 Å². The van der Waals surface area contributed by atoms with Gasteiger partial charge in [-0.3, -0.25) is 0 Å². The minimum absolute atomic E-state index is 0.180. The predicted molar refractivity (Wildman–Crippen MR) is 61.4 cm³/mol. The molecule has 1 unspecified atom stereocenters. The number of hydrogen-bond donors (Lipinski definition) is 1. The largest absolute Gasteiger partial charge is 0.380 e. The fourth-order valence-corrected chi connectivity index (χ4v) is 1.07. The van der Waals surface area contributed by atoms with E-state index in [1.165, 1.54) is 0 Å². The Hall–Kier alpha value is -0.120. The van der Waals surface area contributed by atoms with Crippen LogP contribution < -0.4 is 5.73 Å². The van der Waals surface area contributed by atoms with Crippen molar-refractivity contribution >= 4 is 0 Å². The van der Waals surface area contributed by atoms with Gasteiger partial charge >= 0.3 is 0 Å². The molecule has 2 N–H and O–H groups in total. The van der Waals surface area contributed by atoms with Crippen molar-refractivity contribution in [2.75, 3.05) is 33.4 Å². The number of likely N-dealkylation sites (N-methyl/N-ethyl adjacent to an activating group) is 1. The Balaban J connectivity index is 3.66. The van der Waals surface area contributed by atoms with Gasteiger partial charge in [-0.15, -0.1) is 0 Å². The number of nitrogens with two attached hydrogens (primary N) is 1. The predicted octanol–water partition coefficient (Wildman–Crippen LogP) is 1.33. The van der Waals surface area contributed by atoms with E-state index in [1.54, 1.807) is 0 Å². The molecular weight excluding hydrogens is 176 g/mol. The standard InChI is InChI=1S/C11H26N2O/c1-6-14-8-7-13(5)9-10(12)11(2,3)4/h10H,6-9,12H2,1-5H3. The molecule has 0 spiro atoms. The van der Waals surface area contributed by atoms with Crippen LogP contribution in [0.25, 0.3) is 0 Å². The third-order valence-corrected chi connectivity index (χ3v) is 2.44. The summed E-state index contributed by atoms with van der Waals surface area (Å²) in [6.07, 6.45) is 0. The van der Waals surface area contributed by atoms with E-state index in [1.807, 2.05) is 6.92 Å². The lowest BCUT2D eigenvalue weighted by atomic mass is 9.87. The number of rotatable bonds is 6. The van der Waals surface area contributed by atoms with Crippen LogP contribution in [0.3, 0.4) is 0 Å². The first kappa shape index (κ1) is 13.9. The van der Waals surface area contributed by atoms with Crippen LogP contribution in [0.5, 0.6) is 0 Å². The Kier molecular flexibility index (Phi) is 6.33. The van der Waals surface area contributed by atoms with Crippen molar-refractivity contribution in [3.63, 3.8) is 0 Å². The Labute approximate surface area is 88.6 Å². The van der Waals surface area contributed by atoms with Crippen LogP contribution in [0.1, 0.15) is 27.7 Å². The zero-order valence-corrected chi connectivity index (χ0v) is 10.3. The van der Waals surface area contributed by atoms with Gasteiger partial charge in [0.15, 0.2) is 0 Å². The third kappa shape index (κ3) is 6.35. The molecule has 0 aromatic rings. The summed E-state index contributed by atoms with van der Waals surface area (Å²) in [6, 6.07) is 0.217. The molecule has 0 fully saturated rings. The van der Waals surface area contributed by atoms with E-state index >= 15 is 0 Å². The molecule has 0 radical (unpaired) electrons. The van der Waals surface area contributed by atoms with Crippen LogP contribution in [0.4, 0.5) is 0 Å². The zero-order valence-electron chi connectivity index (χ0n) is 10.3. The minimum Gasteiger partial charge on any atom is -0.380 e. The molecule has 0 aliphatic carbocycles. The van der Waals surface area contributed by atoms with Gasteiger partial charge in [0.25, 0.3) is 0 Å². The SMILES string of the molecule is CCOCCN(C)CC(N)C(C)(C)C. The van der Waals surface area contributed by atoms with Crippen LogP contribution in [-0.4, -0.2) is 44.3 Å². The van der Waals surface area contributed by atoms with Gasteiger partial charge in [0.2, 0.25) is 0 Å². The number of hydrogen-bond acceptors (Lipinski definition) is 3. The van der Waals surface area contributed by atoms with E-state index in [-0.39, 0.29) is 11.5 Å². The zero-order chi connectivity index (χ0) is 11.2. The maximum Gasteiger partial charge on any atom is 0.0593 e. The fourth-order valence-electron chi connectivity index (χ4n) is 1.07. The van der Waals surface area contributed by atoms with Gasteiger partial charge in [0, 0.05) is 25.7 Å². The Morgan fingerprint density at radius 1 is 1.36 bits per heavy atom. The van der Waals surface area contributed by atoms with E-state index in [0.29, 0.717) is 0 Å². The topological polar surface area (TPSA) is 38.5 Å². The van der Waals surface area contributed by atoms with Crippen molar-refractivity contribution in [1.29, 1.82) is 0 Å². The van der Waals surface area contributed by atoms with Gasteiger partial charge in [-0.05, 0) is 19.4 Å². The molecule has 0 aromatic heterocycles. The second kappa shape index (κ2) is 6.38. The molecule has 0 rings (SSSR count). The number of ether oxygens (including phenoxy) is 1. The maximum atomic E-state index is 6.07. The highest BCUT2D eigenvalue weighted by molar-refractivity contribution is 4.79. The van der Waals surface area contributed by atoms with Crippen molar-refractivity contribution in [2.45, 2.75) is 33.7 Å². The Morgan fingerprint density at radius 3 is 2.36 bits per heavy atom. The monoisotopic (exact) mass is 202 g/mol. The first-order valence-electron chi connectivity index (χ1n) is 5.39. The molecule has 1 atom stereocenters. The average molecular weight is 202 g/mol. The molecule has 0 aliphatic rings. The summed E-state index contributed by atoms with van der Waals surface area (Å²) in [5.74, 6) is 0. The molecule has 14 heavy (non-hydrogen) atoms. The number of nitrogens with zero attached hydrogens (tertiary/aromatic N) is 1. The highest BCUT2D eigenvalue weighted by Crippen LogP contribution is 2.17. The Bertz CT molecular complexity index is 143. The lowest BCUT2D eigenvalue weighted by Gasteiger charge is -2.30. The molecule has 86 valence electrons. The van der Waals surface area contributed by atoms with Crippen molar-refractivity contribution in [1.82, 2.24) is 4.90 Å². The van der Waals surface area contributed by atoms with Crippen LogP contribution in [0.15, 0.2) is 0 Å². The highest BCUT2D eigenvalue weighted by Gasteiger charge is 2.21. The molecule has 0 saturated carbocycles. The summed E-state index contributed by atoms with van der Waals surface area (Å²) < 4.78 is 5.29. The second-order valence-electron chi connectivity index (χ2n) is 4.93. The van der Waals surface area contributed by atoms with Crippen LogP contribution in [0, 0.1) is 5.41 Å². The first-order chi connectivity index (χ1) is 6.38. The van der Waals surface area contributed by atoms with Gasteiger partial charge in [-0.25, -0.2) is 0 Å². The summed E-state index contributed by atoms with van der Waals surface area (Å²) >= 11 is 0. The van der Waals surface area contributed by atoms with Gasteiger partial charge < -0.3 is 15.4 Å². The van der Waals surface area contributed by atoms with Gasteiger partial charge in [0.1, 0.15) is 0 Å². The third-order valence-electron chi connectivity index (χ3n) is 2.44. The summed E-state index contributed by atoms with van der Waals surface area (Å²) in [4.78, 5) is 2.23. The molecule has 0 bridgehead atoms. The molecule has 0 aromatic carbocycles. The van der Waals surface area contributed by atoms with E-state index in [4.69, 9.17) is 10.5 Å². The first-order valence-corrected chi connectivity index (χ1v) is 5.39. The van der Waals surface area contributed by atoms with E-state index in [0.717, 1.165) is 26.3 Å². The van der Waals surface area contributed by atoms with Crippen molar-refractivity contribution < 1.29 is 4.74 Å². The van der Waals surface area contributed by atoms with Crippen LogP contribution in [0.2, 0.25) is 0 Å². The highest BCUT2D eigenvalue weighted by atomic mass is 16.5. The van der Waals surface area contributed by atoms with Crippen LogP contribution >= 0.6 is 0 Å². The lowest BCUT2D eigenvalue weighted by molar-refractivity contribution is 0.114. The van der Waals surface area contributed by atoms with Crippen LogP contribution in [-0.2, 0) is 4.74 Å². The summed E-state index contributed by atoms with van der Waals surface area (Å²) in [5.41, 5.74) is 6.25. The molecule has 0 heterocycles. The minimum atomic E-state index is 0.180. The summed E-state index contributed by atoms with van der Waals surface area (Å²) in [5, 5.41) is 0. The lowest BCUT2D eigenvalue weighted by Crippen LogP contribution is -2.44. The quantitative estimate of drug-likeness (QED) is 0.660. The fraction of sp³-hybridized carbons (Fsp3) is 1.00. The van der Waals surface area contributed by atoms with Crippen molar-refractivity contribution in [3.8, 4) is 0 Å². The molecule has 3 heteroatoms. The molecular formula is C11H26N2O. The van der Waals surface area contributed by atoms with E-state index < -0.39 is 0 Å². The maximum absolute atomic E-state index is 6.07. The normalized spacial score (nSPS) is 14.8. The summed E-state index contributed by atoms with van der Waals surface area (Å²) in [6.45, 7) is 12.0. The smallest absolute Gasteiger partial charge is 0.0593 e. The van der Waals surface area contributed by atoms with Gasteiger partial charge in [0.05, 0.1) is 6.61 Å². The summed E-state index contributed by atoms with van der Waals surface area (Å²) in [7, 11) is 2.09. The molecule has 0 saturated heterocycles.